The third-order valence-electron chi connectivity index (χ3n) is 4.75. The minimum Gasteiger partial charge on any atom is -0.490 e. The summed E-state index contributed by atoms with van der Waals surface area (Å²) in [6, 6.07) is 7.63. The van der Waals surface area contributed by atoms with Crippen molar-refractivity contribution in [2.24, 2.45) is 5.92 Å². The van der Waals surface area contributed by atoms with E-state index in [0.717, 1.165) is 19.3 Å². The van der Waals surface area contributed by atoms with Crippen molar-refractivity contribution in [1.82, 2.24) is 5.32 Å². The Morgan fingerprint density at radius 1 is 1.11 bits per heavy atom. The molecule has 1 amide bonds. The molecule has 0 saturated heterocycles. The fourth-order valence-electron chi connectivity index (χ4n) is 3.24. The van der Waals surface area contributed by atoms with Crippen LogP contribution in [0.2, 0.25) is 0 Å². The Labute approximate surface area is 161 Å². The second kappa shape index (κ2) is 11.5. The molecule has 27 heavy (non-hydrogen) atoms. The predicted octanol–water partition coefficient (Wildman–Crippen LogP) is 3.48. The van der Waals surface area contributed by atoms with Crippen molar-refractivity contribution in [1.29, 1.82) is 0 Å². The molecule has 2 rings (SSSR count). The van der Waals surface area contributed by atoms with Gasteiger partial charge in [-0.3, -0.25) is 9.59 Å². The van der Waals surface area contributed by atoms with Crippen molar-refractivity contribution >= 4 is 11.9 Å². The molecule has 0 aromatic heterocycles. The normalized spacial score (nSPS) is 19.2. The minimum atomic E-state index is -0.386. The van der Waals surface area contributed by atoms with E-state index in [-0.39, 0.29) is 30.9 Å². The molecule has 0 unspecified atom stereocenters. The maximum Gasteiger partial charge on any atom is 0.306 e. The van der Waals surface area contributed by atoms with E-state index in [0.29, 0.717) is 37.1 Å². The summed E-state index contributed by atoms with van der Waals surface area (Å²) in [5.41, 5.74) is 0. The van der Waals surface area contributed by atoms with Crippen molar-refractivity contribution in [3.63, 3.8) is 0 Å². The highest BCUT2D eigenvalue weighted by atomic mass is 16.5. The van der Waals surface area contributed by atoms with Gasteiger partial charge >= 0.3 is 5.97 Å². The molecule has 1 aromatic carbocycles. The van der Waals surface area contributed by atoms with Gasteiger partial charge in [0, 0.05) is 12.5 Å². The van der Waals surface area contributed by atoms with Crippen molar-refractivity contribution in [2.75, 3.05) is 19.8 Å². The zero-order chi connectivity index (χ0) is 19.5. The first-order chi connectivity index (χ1) is 13.1. The van der Waals surface area contributed by atoms with Crippen LogP contribution in [0.15, 0.2) is 24.3 Å². The number of para-hydroxylation sites is 2. The number of nitrogens with one attached hydrogen (secondary N) is 1. The number of ether oxygens (including phenoxy) is 3. The van der Waals surface area contributed by atoms with Crippen LogP contribution in [0.4, 0.5) is 0 Å². The SMILES string of the molecule is CCOc1ccccc1OCCCC(=O)OCC(=O)N[C@H]1CCCC[C@H]1C. The largest absolute Gasteiger partial charge is 0.490 e. The molecule has 1 saturated carbocycles. The Balaban J connectivity index is 1.60. The van der Waals surface area contributed by atoms with Crippen LogP contribution in [-0.2, 0) is 14.3 Å². The maximum absolute atomic E-state index is 11.9. The molecule has 150 valence electrons. The van der Waals surface area contributed by atoms with Gasteiger partial charge in [0.2, 0.25) is 0 Å². The number of rotatable bonds is 10. The van der Waals surface area contributed by atoms with E-state index >= 15 is 0 Å². The molecule has 6 nitrogen and oxygen atoms in total. The topological polar surface area (TPSA) is 73.9 Å². The number of hydrogen-bond donors (Lipinski definition) is 1. The lowest BCUT2D eigenvalue weighted by Gasteiger charge is -2.29. The van der Waals surface area contributed by atoms with Crippen molar-refractivity contribution < 1.29 is 23.8 Å². The number of carbonyl (C=O) groups is 2. The van der Waals surface area contributed by atoms with Gasteiger partial charge in [-0.2, -0.15) is 0 Å². The average molecular weight is 377 g/mol. The van der Waals surface area contributed by atoms with Crippen LogP contribution in [-0.4, -0.2) is 37.7 Å². The van der Waals surface area contributed by atoms with Crippen LogP contribution in [0, 0.1) is 5.92 Å². The minimum absolute atomic E-state index is 0.198. The zero-order valence-corrected chi connectivity index (χ0v) is 16.4. The molecule has 0 spiro atoms. The standard InChI is InChI=1S/C21H31NO5/c1-3-25-18-11-6-7-12-19(18)26-14-8-13-21(24)27-15-20(23)22-17-10-5-4-9-16(17)2/h6-7,11-12,16-17H,3-5,8-10,13-15H2,1-2H3,(H,22,23)/t16-,17+/m1/s1. The van der Waals surface area contributed by atoms with Gasteiger partial charge in [-0.25, -0.2) is 0 Å². The van der Waals surface area contributed by atoms with E-state index in [1.807, 2.05) is 31.2 Å². The summed E-state index contributed by atoms with van der Waals surface area (Å²) in [5, 5.41) is 2.98. The Kier molecular flexibility index (Phi) is 8.95. The molecule has 0 aliphatic heterocycles. The second-order valence-corrected chi connectivity index (χ2v) is 6.93. The predicted molar refractivity (Wildman–Crippen MR) is 103 cm³/mol. The van der Waals surface area contributed by atoms with Gasteiger partial charge in [0.05, 0.1) is 13.2 Å². The number of esters is 1. The summed E-state index contributed by atoms with van der Waals surface area (Å²) < 4.78 is 16.2. The Morgan fingerprint density at radius 3 is 2.52 bits per heavy atom. The lowest BCUT2D eigenvalue weighted by Crippen LogP contribution is -2.42. The maximum atomic E-state index is 11.9. The number of benzene rings is 1. The van der Waals surface area contributed by atoms with Crippen LogP contribution in [0.5, 0.6) is 11.5 Å². The summed E-state index contributed by atoms with van der Waals surface area (Å²) in [6.07, 6.45) is 5.23. The van der Waals surface area contributed by atoms with Crippen LogP contribution in [0.25, 0.3) is 0 Å². The highest BCUT2D eigenvalue weighted by Gasteiger charge is 2.23. The van der Waals surface area contributed by atoms with Gasteiger partial charge in [-0.15, -0.1) is 0 Å². The summed E-state index contributed by atoms with van der Waals surface area (Å²) in [4.78, 5) is 23.8. The third kappa shape index (κ3) is 7.49. The van der Waals surface area contributed by atoms with Gasteiger partial charge in [-0.1, -0.05) is 31.9 Å². The van der Waals surface area contributed by atoms with E-state index in [4.69, 9.17) is 14.2 Å². The molecule has 0 radical (unpaired) electrons. The molecular weight excluding hydrogens is 346 g/mol. The molecular formula is C21H31NO5. The van der Waals surface area contributed by atoms with Crippen LogP contribution in [0.1, 0.15) is 52.4 Å². The highest BCUT2D eigenvalue weighted by Crippen LogP contribution is 2.26. The van der Waals surface area contributed by atoms with Crippen LogP contribution in [0.3, 0.4) is 0 Å². The first kappa shape index (κ1) is 21.1. The lowest BCUT2D eigenvalue weighted by molar-refractivity contribution is -0.149. The van der Waals surface area contributed by atoms with Gasteiger partial charge in [0.15, 0.2) is 18.1 Å². The van der Waals surface area contributed by atoms with Crippen molar-refractivity contribution in [2.45, 2.75) is 58.4 Å². The molecule has 0 bridgehead atoms. The van der Waals surface area contributed by atoms with Crippen LogP contribution < -0.4 is 14.8 Å². The van der Waals surface area contributed by atoms with Gasteiger partial charge in [0.1, 0.15) is 0 Å². The van der Waals surface area contributed by atoms with E-state index in [1.54, 1.807) is 0 Å². The Bertz CT molecular complexity index is 604. The van der Waals surface area contributed by atoms with E-state index < -0.39 is 0 Å². The first-order valence-electron chi connectivity index (χ1n) is 9.89. The molecule has 1 aliphatic carbocycles. The quantitative estimate of drug-likeness (QED) is 0.499. The molecule has 6 heteroatoms. The number of hydrogen-bond acceptors (Lipinski definition) is 5. The fourth-order valence-corrected chi connectivity index (χ4v) is 3.24. The molecule has 0 heterocycles. The van der Waals surface area contributed by atoms with Crippen LogP contribution >= 0.6 is 0 Å². The summed E-state index contributed by atoms with van der Waals surface area (Å²) >= 11 is 0. The number of amides is 1. The smallest absolute Gasteiger partial charge is 0.306 e. The summed E-state index contributed by atoms with van der Waals surface area (Å²) in [6.45, 7) is 4.80. The summed E-state index contributed by atoms with van der Waals surface area (Å²) in [7, 11) is 0. The number of carbonyl (C=O) groups excluding carboxylic acids is 2. The third-order valence-corrected chi connectivity index (χ3v) is 4.75. The van der Waals surface area contributed by atoms with Gasteiger partial charge in [0.25, 0.3) is 5.91 Å². The molecule has 1 aromatic rings. The van der Waals surface area contributed by atoms with Crippen molar-refractivity contribution in [3.05, 3.63) is 24.3 Å². The van der Waals surface area contributed by atoms with E-state index in [2.05, 4.69) is 12.2 Å². The lowest BCUT2D eigenvalue weighted by atomic mass is 9.86. The van der Waals surface area contributed by atoms with Gasteiger partial charge < -0.3 is 19.5 Å². The average Bonchev–Trinajstić information content (AvgIpc) is 2.67. The monoisotopic (exact) mass is 377 g/mol. The van der Waals surface area contributed by atoms with E-state index in [1.165, 1.54) is 6.42 Å². The van der Waals surface area contributed by atoms with Gasteiger partial charge in [-0.05, 0) is 44.2 Å². The van der Waals surface area contributed by atoms with Crippen molar-refractivity contribution in [3.8, 4) is 11.5 Å². The zero-order valence-electron chi connectivity index (χ0n) is 16.4. The Hall–Kier alpha value is -2.24. The second-order valence-electron chi connectivity index (χ2n) is 6.93. The summed E-state index contributed by atoms with van der Waals surface area (Å²) in [5.74, 6) is 1.23. The fraction of sp³-hybridized carbons (Fsp3) is 0.619. The highest BCUT2D eigenvalue weighted by molar-refractivity contribution is 5.80. The molecule has 1 aliphatic rings. The Morgan fingerprint density at radius 2 is 1.81 bits per heavy atom. The molecule has 1 N–H and O–H groups in total. The van der Waals surface area contributed by atoms with E-state index in [9.17, 15) is 9.59 Å². The first-order valence-corrected chi connectivity index (χ1v) is 9.89. The molecule has 1 fully saturated rings. The molecule has 2 atom stereocenters.